The number of rotatable bonds is 4. The number of hydrogen-bond donors (Lipinski definition) is 2. The maximum Gasteiger partial charge on any atom is 0.407 e. The highest BCUT2D eigenvalue weighted by molar-refractivity contribution is 7.11. The first-order valence-electron chi connectivity index (χ1n) is 5.90. The molecule has 1 aromatic rings. The number of carbonyl (C=O) groups excluding carboxylic acids is 1. The molecule has 1 heterocycles. The summed E-state index contributed by atoms with van der Waals surface area (Å²) in [6.45, 7) is 7.83. The van der Waals surface area contributed by atoms with Crippen molar-refractivity contribution in [2.24, 2.45) is 5.73 Å². The maximum absolute atomic E-state index is 11.4. The van der Waals surface area contributed by atoms with Crippen LogP contribution in [0.3, 0.4) is 0 Å². The van der Waals surface area contributed by atoms with E-state index in [1.807, 2.05) is 33.9 Å². The van der Waals surface area contributed by atoms with E-state index in [4.69, 9.17) is 10.5 Å². The van der Waals surface area contributed by atoms with Crippen LogP contribution in [0.1, 0.15) is 30.7 Å². The Balaban J connectivity index is 2.29. The standard InChI is InChI=1S/C12H21N3O2S/c1-8-14-7-10(18-8)5-9(13)6-15-11(16)17-12(2,3)4/h7,9H,5-6,13H2,1-4H3,(H,15,16). The molecular formula is C12H21N3O2S. The highest BCUT2D eigenvalue weighted by Gasteiger charge is 2.16. The first kappa shape index (κ1) is 14.9. The SMILES string of the molecule is Cc1ncc(CC(N)CNC(=O)OC(C)(C)C)s1. The van der Waals surface area contributed by atoms with Crippen LogP contribution in [0.4, 0.5) is 4.79 Å². The molecule has 0 spiro atoms. The molecule has 0 radical (unpaired) electrons. The Morgan fingerprint density at radius 1 is 1.61 bits per heavy atom. The molecule has 1 unspecified atom stereocenters. The molecule has 0 aliphatic rings. The highest BCUT2D eigenvalue weighted by atomic mass is 32.1. The third-order valence-corrected chi connectivity index (χ3v) is 2.98. The average molecular weight is 271 g/mol. The summed E-state index contributed by atoms with van der Waals surface area (Å²) in [5, 5.41) is 3.69. The quantitative estimate of drug-likeness (QED) is 0.876. The Morgan fingerprint density at radius 2 is 2.28 bits per heavy atom. The van der Waals surface area contributed by atoms with Crippen molar-refractivity contribution >= 4 is 17.4 Å². The van der Waals surface area contributed by atoms with Gasteiger partial charge in [0, 0.05) is 30.1 Å². The lowest BCUT2D eigenvalue weighted by Gasteiger charge is -2.20. The number of nitrogens with zero attached hydrogens (tertiary/aromatic N) is 1. The second-order valence-corrected chi connectivity index (χ2v) is 6.51. The normalized spacial score (nSPS) is 13.2. The van der Waals surface area contributed by atoms with Gasteiger partial charge in [-0.25, -0.2) is 9.78 Å². The summed E-state index contributed by atoms with van der Waals surface area (Å²) in [6, 6.07) is -0.127. The first-order valence-corrected chi connectivity index (χ1v) is 6.71. The zero-order valence-electron chi connectivity index (χ0n) is 11.3. The number of nitrogens with two attached hydrogens (primary N) is 1. The van der Waals surface area contributed by atoms with Crippen molar-refractivity contribution in [3.05, 3.63) is 16.1 Å². The van der Waals surface area contributed by atoms with Gasteiger partial charge in [-0.2, -0.15) is 0 Å². The zero-order valence-corrected chi connectivity index (χ0v) is 12.1. The first-order chi connectivity index (χ1) is 8.26. The van der Waals surface area contributed by atoms with Crippen LogP contribution >= 0.6 is 11.3 Å². The molecule has 1 atom stereocenters. The molecule has 3 N–H and O–H groups in total. The van der Waals surface area contributed by atoms with E-state index in [1.54, 1.807) is 11.3 Å². The number of nitrogens with one attached hydrogen (secondary N) is 1. The van der Waals surface area contributed by atoms with Gasteiger partial charge < -0.3 is 15.8 Å². The Kier molecular flexibility index (Phi) is 5.10. The van der Waals surface area contributed by atoms with Gasteiger partial charge >= 0.3 is 6.09 Å². The van der Waals surface area contributed by atoms with Crippen LogP contribution in [0.15, 0.2) is 6.20 Å². The van der Waals surface area contributed by atoms with Crippen molar-refractivity contribution in [2.75, 3.05) is 6.54 Å². The minimum Gasteiger partial charge on any atom is -0.444 e. The van der Waals surface area contributed by atoms with Crippen molar-refractivity contribution in [1.29, 1.82) is 0 Å². The molecule has 0 aromatic carbocycles. The lowest BCUT2D eigenvalue weighted by atomic mass is 10.2. The lowest BCUT2D eigenvalue weighted by molar-refractivity contribution is 0.0524. The van der Waals surface area contributed by atoms with Crippen LogP contribution in [0, 0.1) is 6.92 Å². The summed E-state index contributed by atoms with van der Waals surface area (Å²) in [7, 11) is 0. The number of aryl methyl sites for hydroxylation is 1. The molecule has 0 fully saturated rings. The number of amides is 1. The summed E-state index contributed by atoms with van der Waals surface area (Å²) in [5.74, 6) is 0. The van der Waals surface area contributed by atoms with Crippen LogP contribution in [0.25, 0.3) is 0 Å². The minimum atomic E-state index is -0.483. The van der Waals surface area contributed by atoms with Crippen molar-refractivity contribution < 1.29 is 9.53 Å². The highest BCUT2D eigenvalue weighted by Crippen LogP contribution is 2.13. The number of aromatic nitrogens is 1. The summed E-state index contributed by atoms with van der Waals surface area (Å²) in [4.78, 5) is 16.7. The van der Waals surface area contributed by atoms with Crippen molar-refractivity contribution in [3.63, 3.8) is 0 Å². The molecule has 18 heavy (non-hydrogen) atoms. The fourth-order valence-electron chi connectivity index (χ4n) is 1.36. The van der Waals surface area contributed by atoms with E-state index >= 15 is 0 Å². The van der Waals surface area contributed by atoms with E-state index in [2.05, 4.69) is 10.3 Å². The molecule has 0 aliphatic carbocycles. The number of hydrogen-bond acceptors (Lipinski definition) is 5. The van der Waals surface area contributed by atoms with Crippen molar-refractivity contribution in [2.45, 2.75) is 45.8 Å². The van der Waals surface area contributed by atoms with Crippen LogP contribution in [-0.2, 0) is 11.2 Å². The number of carbonyl (C=O) groups is 1. The zero-order chi connectivity index (χ0) is 13.8. The number of thiazole rings is 1. The van der Waals surface area contributed by atoms with Gasteiger partial charge in [-0.3, -0.25) is 0 Å². The van der Waals surface area contributed by atoms with Gasteiger partial charge in [0.15, 0.2) is 0 Å². The topological polar surface area (TPSA) is 77.2 Å². The van der Waals surface area contributed by atoms with Gasteiger partial charge in [-0.05, 0) is 27.7 Å². The summed E-state index contributed by atoms with van der Waals surface area (Å²) >= 11 is 1.63. The molecule has 1 amide bonds. The van der Waals surface area contributed by atoms with Gasteiger partial charge in [0.2, 0.25) is 0 Å². The molecule has 0 saturated carbocycles. The molecule has 5 nitrogen and oxygen atoms in total. The third kappa shape index (κ3) is 5.97. The van der Waals surface area contributed by atoms with E-state index in [0.717, 1.165) is 9.88 Å². The van der Waals surface area contributed by atoms with Gasteiger partial charge in [-0.15, -0.1) is 11.3 Å². The number of ether oxygens (including phenoxy) is 1. The summed E-state index contributed by atoms with van der Waals surface area (Å²) in [5.41, 5.74) is 5.45. The molecule has 102 valence electrons. The minimum absolute atomic E-state index is 0.127. The van der Waals surface area contributed by atoms with Gasteiger partial charge in [0.05, 0.1) is 5.01 Å². The van der Waals surface area contributed by atoms with Crippen LogP contribution in [-0.4, -0.2) is 29.3 Å². The fraction of sp³-hybridized carbons (Fsp3) is 0.667. The van der Waals surface area contributed by atoms with E-state index in [0.29, 0.717) is 13.0 Å². The van der Waals surface area contributed by atoms with Crippen LogP contribution < -0.4 is 11.1 Å². The van der Waals surface area contributed by atoms with Gasteiger partial charge in [-0.1, -0.05) is 0 Å². The molecule has 6 heteroatoms. The van der Waals surface area contributed by atoms with Gasteiger partial charge in [0.25, 0.3) is 0 Å². The Hall–Kier alpha value is -1.14. The molecular weight excluding hydrogens is 250 g/mol. The largest absolute Gasteiger partial charge is 0.444 e. The van der Waals surface area contributed by atoms with E-state index in [9.17, 15) is 4.79 Å². The second-order valence-electron chi connectivity index (χ2n) is 5.19. The molecule has 1 aromatic heterocycles. The predicted molar refractivity (Wildman–Crippen MR) is 72.8 cm³/mol. The predicted octanol–water partition coefficient (Wildman–Crippen LogP) is 1.85. The monoisotopic (exact) mass is 271 g/mol. The molecule has 0 bridgehead atoms. The smallest absolute Gasteiger partial charge is 0.407 e. The Labute approximate surface area is 112 Å². The molecule has 1 rings (SSSR count). The second kappa shape index (κ2) is 6.15. The third-order valence-electron chi connectivity index (χ3n) is 2.04. The molecule has 0 aliphatic heterocycles. The van der Waals surface area contributed by atoms with E-state index in [-0.39, 0.29) is 6.04 Å². The summed E-state index contributed by atoms with van der Waals surface area (Å²) < 4.78 is 5.13. The molecule has 0 saturated heterocycles. The number of alkyl carbamates (subject to hydrolysis) is 1. The average Bonchev–Trinajstić information content (AvgIpc) is 2.58. The Morgan fingerprint density at radius 3 is 2.78 bits per heavy atom. The van der Waals surface area contributed by atoms with E-state index in [1.165, 1.54) is 0 Å². The fourth-order valence-corrected chi connectivity index (χ4v) is 2.25. The Bertz CT molecular complexity index is 398. The van der Waals surface area contributed by atoms with Crippen molar-refractivity contribution in [3.8, 4) is 0 Å². The van der Waals surface area contributed by atoms with Gasteiger partial charge in [0.1, 0.15) is 5.60 Å². The maximum atomic E-state index is 11.4. The summed E-state index contributed by atoms with van der Waals surface area (Å²) in [6.07, 6.45) is 2.10. The lowest BCUT2D eigenvalue weighted by Crippen LogP contribution is -2.40. The van der Waals surface area contributed by atoms with Crippen LogP contribution in [0.2, 0.25) is 0 Å². The van der Waals surface area contributed by atoms with E-state index < -0.39 is 11.7 Å². The van der Waals surface area contributed by atoms with Crippen LogP contribution in [0.5, 0.6) is 0 Å². The van der Waals surface area contributed by atoms with Crippen molar-refractivity contribution in [1.82, 2.24) is 10.3 Å².